The Morgan fingerprint density at radius 1 is 1.41 bits per heavy atom. The molecule has 3 N–H and O–H groups in total. The molecule has 0 unspecified atom stereocenters. The van der Waals surface area contributed by atoms with Crippen molar-refractivity contribution < 1.29 is 19.1 Å². The second kappa shape index (κ2) is 6.23. The quantitative estimate of drug-likeness (QED) is 0.674. The summed E-state index contributed by atoms with van der Waals surface area (Å²) in [6.07, 6.45) is 0. The van der Waals surface area contributed by atoms with E-state index in [-0.39, 0.29) is 24.9 Å². The van der Waals surface area contributed by atoms with Gasteiger partial charge in [-0.1, -0.05) is 5.92 Å². The predicted molar refractivity (Wildman–Crippen MR) is 59.4 cm³/mol. The highest BCUT2D eigenvalue weighted by atomic mass is 16.4. The van der Waals surface area contributed by atoms with Gasteiger partial charge in [0.05, 0.1) is 13.1 Å². The van der Waals surface area contributed by atoms with Gasteiger partial charge >= 0.3 is 12.0 Å². The van der Waals surface area contributed by atoms with Gasteiger partial charge in [-0.25, -0.2) is 9.59 Å². The summed E-state index contributed by atoms with van der Waals surface area (Å²) < 4.78 is 4.95. The van der Waals surface area contributed by atoms with E-state index < -0.39 is 5.97 Å². The zero-order chi connectivity index (χ0) is 12.7. The third-order valence-electron chi connectivity index (χ3n) is 1.81. The number of carbonyl (C=O) groups excluding carboxylic acids is 1. The fourth-order valence-corrected chi connectivity index (χ4v) is 1.03. The molecule has 0 saturated carbocycles. The van der Waals surface area contributed by atoms with Gasteiger partial charge in [-0.15, -0.1) is 5.92 Å². The van der Waals surface area contributed by atoms with Gasteiger partial charge in [-0.05, 0) is 19.1 Å². The van der Waals surface area contributed by atoms with Crippen LogP contribution >= 0.6 is 0 Å². The highest BCUT2D eigenvalue weighted by Gasteiger charge is 2.09. The van der Waals surface area contributed by atoms with Gasteiger partial charge in [-0.3, -0.25) is 0 Å². The number of hydrogen-bond acceptors (Lipinski definition) is 3. The van der Waals surface area contributed by atoms with Crippen LogP contribution in [-0.2, 0) is 6.54 Å². The molecule has 0 radical (unpaired) electrons. The van der Waals surface area contributed by atoms with E-state index in [2.05, 4.69) is 22.5 Å². The summed E-state index contributed by atoms with van der Waals surface area (Å²) in [4.78, 5) is 21.7. The van der Waals surface area contributed by atoms with Crippen LogP contribution in [0.25, 0.3) is 0 Å². The number of carbonyl (C=O) groups is 2. The molecule has 1 aromatic heterocycles. The van der Waals surface area contributed by atoms with E-state index in [1.807, 2.05) is 0 Å². The van der Waals surface area contributed by atoms with Crippen molar-refractivity contribution in [3.8, 4) is 11.8 Å². The lowest BCUT2D eigenvalue weighted by Gasteiger charge is -2.02. The van der Waals surface area contributed by atoms with Crippen LogP contribution in [0.4, 0.5) is 4.79 Å². The Morgan fingerprint density at radius 2 is 2.18 bits per heavy atom. The third kappa shape index (κ3) is 4.30. The molecule has 90 valence electrons. The first-order chi connectivity index (χ1) is 8.13. The summed E-state index contributed by atoms with van der Waals surface area (Å²) in [5.74, 6) is 4.39. The molecule has 1 heterocycles. The van der Waals surface area contributed by atoms with Gasteiger partial charge in [0.15, 0.2) is 0 Å². The van der Waals surface area contributed by atoms with Crippen molar-refractivity contribution >= 4 is 12.0 Å². The number of hydrogen-bond donors (Lipinski definition) is 3. The first kappa shape index (κ1) is 12.6. The first-order valence-corrected chi connectivity index (χ1v) is 4.87. The summed E-state index contributed by atoms with van der Waals surface area (Å²) >= 11 is 0. The molecule has 17 heavy (non-hydrogen) atoms. The van der Waals surface area contributed by atoms with E-state index in [4.69, 9.17) is 9.52 Å². The van der Waals surface area contributed by atoms with Crippen LogP contribution in [0, 0.1) is 11.8 Å². The van der Waals surface area contributed by atoms with Gasteiger partial charge in [0, 0.05) is 0 Å². The predicted octanol–water partition coefficient (Wildman–Crippen LogP) is 0.800. The molecule has 0 spiro atoms. The molecule has 1 rings (SSSR count). The number of carboxylic acid groups (broad SMARTS) is 1. The van der Waals surface area contributed by atoms with Crippen molar-refractivity contribution in [1.29, 1.82) is 0 Å². The molecule has 0 atom stereocenters. The lowest BCUT2D eigenvalue weighted by atomic mass is 10.4. The Hall–Kier alpha value is -2.42. The molecule has 0 bridgehead atoms. The van der Waals surface area contributed by atoms with Crippen molar-refractivity contribution in [2.75, 3.05) is 6.54 Å². The second-order valence-corrected chi connectivity index (χ2v) is 3.03. The molecule has 0 aliphatic rings. The lowest BCUT2D eigenvalue weighted by Crippen LogP contribution is -2.35. The van der Waals surface area contributed by atoms with Crippen LogP contribution in [0.3, 0.4) is 0 Å². The lowest BCUT2D eigenvalue weighted by molar-refractivity contribution is 0.0660. The highest BCUT2D eigenvalue weighted by Crippen LogP contribution is 2.06. The van der Waals surface area contributed by atoms with Gasteiger partial charge < -0.3 is 20.2 Å². The largest absolute Gasteiger partial charge is 0.475 e. The molecule has 0 aliphatic carbocycles. The normalized spacial score (nSPS) is 9.00. The van der Waals surface area contributed by atoms with Crippen LogP contribution < -0.4 is 10.6 Å². The van der Waals surface area contributed by atoms with E-state index in [1.165, 1.54) is 12.1 Å². The topological polar surface area (TPSA) is 91.6 Å². The highest BCUT2D eigenvalue weighted by molar-refractivity contribution is 5.84. The van der Waals surface area contributed by atoms with E-state index in [0.717, 1.165) is 0 Å². The monoisotopic (exact) mass is 236 g/mol. The van der Waals surface area contributed by atoms with Gasteiger partial charge in [0.1, 0.15) is 5.76 Å². The minimum Gasteiger partial charge on any atom is -0.475 e. The van der Waals surface area contributed by atoms with Crippen LogP contribution in [-0.4, -0.2) is 23.7 Å². The zero-order valence-corrected chi connectivity index (χ0v) is 9.24. The third-order valence-corrected chi connectivity index (χ3v) is 1.81. The van der Waals surface area contributed by atoms with Crippen molar-refractivity contribution in [1.82, 2.24) is 10.6 Å². The van der Waals surface area contributed by atoms with Crippen LogP contribution in [0.15, 0.2) is 16.5 Å². The maximum Gasteiger partial charge on any atom is 0.371 e. The van der Waals surface area contributed by atoms with Crippen LogP contribution in [0.5, 0.6) is 0 Å². The van der Waals surface area contributed by atoms with Crippen molar-refractivity contribution in [3.63, 3.8) is 0 Å². The van der Waals surface area contributed by atoms with Crippen LogP contribution in [0.2, 0.25) is 0 Å². The minimum atomic E-state index is -1.14. The molecule has 0 saturated heterocycles. The number of aromatic carboxylic acids is 1. The van der Waals surface area contributed by atoms with Gasteiger partial charge in [-0.2, -0.15) is 0 Å². The van der Waals surface area contributed by atoms with Gasteiger partial charge in [0.2, 0.25) is 5.76 Å². The number of urea groups is 1. The zero-order valence-electron chi connectivity index (χ0n) is 9.24. The second-order valence-electron chi connectivity index (χ2n) is 3.03. The fourth-order valence-electron chi connectivity index (χ4n) is 1.03. The summed E-state index contributed by atoms with van der Waals surface area (Å²) in [7, 11) is 0. The molecule has 0 aromatic carbocycles. The Morgan fingerprint density at radius 3 is 2.76 bits per heavy atom. The summed E-state index contributed by atoms with van der Waals surface area (Å²) in [5.41, 5.74) is 0. The number of carboxylic acids is 1. The Kier molecular flexibility index (Phi) is 4.63. The fraction of sp³-hybridized carbons (Fsp3) is 0.273. The maximum atomic E-state index is 11.2. The SMILES string of the molecule is CC#CCNC(=O)NCc1ccc(C(=O)O)o1. The molecular formula is C11H12N2O4. The number of nitrogens with one attached hydrogen (secondary N) is 2. The van der Waals surface area contributed by atoms with Crippen molar-refractivity contribution in [3.05, 3.63) is 23.7 Å². The molecular weight excluding hydrogens is 224 g/mol. The van der Waals surface area contributed by atoms with E-state index in [0.29, 0.717) is 5.76 Å². The average molecular weight is 236 g/mol. The van der Waals surface area contributed by atoms with Crippen LogP contribution in [0.1, 0.15) is 23.2 Å². The van der Waals surface area contributed by atoms with E-state index in [1.54, 1.807) is 6.92 Å². The number of amides is 2. The molecule has 6 nitrogen and oxygen atoms in total. The van der Waals surface area contributed by atoms with Gasteiger partial charge in [0.25, 0.3) is 0 Å². The van der Waals surface area contributed by atoms with Crippen molar-refractivity contribution in [2.45, 2.75) is 13.5 Å². The Balaban J connectivity index is 2.36. The number of rotatable bonds is 4. The summed E-state index contributed by atoms with van der Waals surface area (Å²) in [6.45, 7) is 2.06. The van der Waals surface area contributed by atoms with Crippen molar-refractivity contribution in [2.24, 2.45) is 0 Å². The molecule has 1 aromatic rings. The summed E-state index contributed by atoms with van der Waals surface area (Å²) in [6, 6.07) is 2.44. The Labute approximate surface area is 98.0 Å². The molecule has 6 heteroatoms. The number of furan rings is 1. The van der Waals surface area contributed by atoms with E-state index in [9.17, 15) is 9.59 Å². The minimum absolute atomic E-state index is 0.124. The Bertz CT molecular complexity index is 467. The molecule has 0 aliphatic heterocycles. The maximum absolute atomic E-state index is 11.2. The molecule has 0 fully saturated rings. The summed E-state index contributed by atoms with van der Waals surface area (Å²) in [5, 5.41) is 13.6. The standard InChI is InChI=1S/C11H12N2O4/c1-2-3-6-12-11(16)13-7-8-4-5-9(17-8)10(14)15/h4-5H,6-7H2,1H3,(H,14,15)(H2,12,13,16). The average Bonchev–Trinajstić information content (AvgIpc) is 2.75. The molecule has 2 amide bonds. The first-order valence-electron chi connectivity index (χ1n) is 4.87. The smallest absolute Gasteiger partial charge is 0.371 e. The van der Waals surface area contributed by atoms with E-state index >= 15 is 0 Å².